The molecule has 2 aromatic carbocycles. The fourth-order valence-corrected chi connectivity index (χ4v) is 1.94. The third-order valence-corrected chi connectivity index (χ3v) is 3.09. The zero-order chi connectivity index (χ0) is 15.8. The number of rotatable bonds is 6. The molecular formula is C17H17FN2OS. The Kier molecular flexibility index (Phi) is 5.91. The van der Waals surface area contributed by atoms with E-state index in [-0.39, 0.29) is 5.82 Å². The van der Waals surface area contributed by atoms with E-state index in [1.54, 1.807) is 18.2 Å². The number of thiocarbonyl (C=S) groups is 1. The molecule has 0 unspecified atom stereocenters. The van der Waals surface area contributed by atoms with Crippen LogP contribution < -0.4 is 15.4 Å². The van der Waals surface area contributed by atoms with Crippen LogP contribution in [0.15, 0.2) is 61.2 Å². The Hall–Kier alpha value is -2.40. The van der Waals surface area contributed by atoms with Gasteiger partial charge in [0.1, 0.15) is 18.2 Å². The minimum Gasteiger partial charge on any atom is -0.490 e. The van der Waals surface area contributed by atoms with Gasteiger partial charge >= 0.3 is 0 Å². The summed E-state index contributed by atoms with van der Waals surface area (Å²) in [6.45, 7) is 4.61. The molecular weight excluding hydrogens is 299 g/mol. The van der Waals surface area contributed by atoms with Crippen LogP contribution in [-0.2, 0) is 6.54 Å². The van der Waals surface area contributed by atoms with E-state index in [4.69, 9.17) is 17.0 Å². The fourth-order valence-electron chi connectivity index (χ4n) is 1.75. The first-order valence-electron chi connectivity index (χ1n) is 6.80. The average molecular weight is 316 g/mol. The van der Waals surface area contributed by atoms with Crippen LogP contribution in [0.5, 0.6) is 5.75 Å². The van der Waals surface area contributed by atoms with Crippen molar-refractivity contribution in [1.29, 1.82) is 0 Å². The summed E-state index contributed by atoms with van der Waals surface area (Å²) in [6.07, 6.45) is 1.70. The number of anilines is 1. The second-order valence-electron chi connectivity index (χ2n) is 4.56. The number of hydrogen-bond donors (Lipinski definition) is 2. The summed E-state index contributed by atoms with van der Waals surface area (Å²) in [7, 11) is 0. The third-order valence-electron chi connectivity index (χ3n) is 2.85. The molecule has 0 bridgehead atoms. The normalized spacial score (nSPS) is 9.86. The molecule has 0 heterocycles. The Labute approximate surface area is 134 Å². The van der Waals surface area contributed by atoms with E-state index in [0.29, 0.717) is 18.3 Å². The molecule has 5 heteroatoms. The molecule has 2 aromatic rings. The molecule has 114 valence electrons. The lowest BCUT2D eigenvalue weighted by Crippen LogP contribution is -2.27. The largest absolute Gasteiger partial charge is 0.490 e. The van der Waals surface area contributed by atoms with Crippen molar-refractivity contribution in [2.45, 2.75) is 6.54 Å². The number of nitrogens with one attached hydrogen (secondary N) is 2. The van der Waals surface area contributed by atoms with Gasteiger partial charge in [-0.3, -0.25) is 0 Å². The molecule has 0 aliphatic carbocycles. The van der Waals surface area contributed by atoms with Gasteiger partial charge in [-0.2, -0.15) is 0 Å². The van der Waals surface area contributed by atoms with Crippen LogP contribution in [0.3, 0.4) is 0 Å². The van der Waals surface area contributed by atoms with Gasteiger partial charge in [-0.1, -0.05) is 24.8 Å². The number of benzene rings is 2. The number of ether oxygens (including phenoxy) is 1. The maximum Gasteiger partial charge on any atom is 0.171 e. The predicted octanol–water partition coefficient (Wildman–Crippen LogP) is 3.88. The topological polar surface area (TPSA) is 33.3 Å². The molecule has 0 radical (unpaired) electrons. The zero-order valence-electron chi connectivity index (χ0n) is 12.0. The highest BCUT2D eigenvalue weighted by Gasteiger charge is 1.99. The van der Waals surface area contributed by atoms with E-state index < -0.39 is 0 Å². The van der Waals surface area contributed by atoms with Crippen LogP contribution in [0.1, 0.15) is 5.56 Å². The van der Waals surface area contributed by atoms with Gasteiger partial charge in [0.25, 0.3) is 0 Å². The molecule has 0 aliphatic rings. The standard InChI is InChI=1S/C17H17FN2OS/c1-2-11-21-16-9-7-15(8-10-16)20-17(22)19-12-13-3-5-14(18)6-4-13/h2-10H,1,11-12H2,(H2,19,20,22). The first-order chi connectivity index (χ1) is 10.7. The first-order valence-corrected chi connectivity index (χ1v) is 7.21. The summed E-state index contributed by atoms with van der Waals surface area (Å²) in [5.74, 6) is 0.527. The van der Waals surface area contributed by atoms with Crippen molar-refractivity contribution >= 4 is 23.0 Å². The molecule has 2 rings (SSSR count). The van der Waals surface area contributed by atoms with Crippen LogP contribution >= 0.6 is 12.2 Å². The summed E-state index contributed by atoms with van der Waals surface area (Å²) >= 11 is 5.22. The van der Waals surface area contributed by atoms with Crippen molar-refractivity contribution in [2.24, 2.45) is 0 Å². The van der Waals surface area contributed by atoms with Gasteiger partial charge in [0, 0.05) is 12.2 Å². The van der Waals surface area contributed by atoms with Gasteiger partial charge in [-0.15, -0.1) is 0 Å². The minimum absolute atomic E-state index is 0.247. The Morgan fingerprint density at radius 2 is 1.82 bits per heavy atom. The summed E-state index contributed by atoms with van der Waals surface area (Å²) in [5.41, 5.74) is 1.82. The number of halogens is 1. The van der Waals surface area contributed by atoms with Crippen LogP contribution in [-0.4, -0.2) is 11.7 Å². The predicted molar refractivity (Wildman–Crippen MR) is 91.6 cm³/mol. The van der Waals surface area contributed by atoms with Gasteiger partial charge in [-0.25, -0.2) is 4.39 Å². The summed E-state index contributed by atoms with van der Waals surface area (Å²) in [4.78, 5) is 0. The van der Waals surface area contributed by atoms with E-state index in [9.17, 15) is 4.39 Å². The van der Waals surface area contributed by atoms with Crippen molar-refractivity contribution in [2.75, 3.05) is 11.9 Å². The maximum atomic E-state index is 12.8. The van der Waals surface area contributed by atoms with Crippen LogP contribution in [0.2, 0.25) is 0 Å². The second-order valence-corrected chi connectivity index (χ2v) is 4.97. The lowest BCUT2D eigenvalue weighted by atomic mass is 10.2. The molecule has 22 heavy (non-hydrogen) atoms. The Morgan fingerprint density at radius 1 is 1.14 bits per heavy atom. The molecule has 0 aliphatic heterocycles. The summed E-state index contributed by atoms with van der Waals surface area (Å²) in [6, 6.07) is 13.8. The van der Waals surface area contributed by atoms with Crippen molar-refractivity contribution in [3.8, 4) is 5.75 Å². The SMILES string of the molecule is C=CCOc1ccc(NC(=S)NCc2ccc(F)cc2)cc1. The molecule has 0 saturated carbocycles. The molecule has 0 saturated heterocycles. The van der Waals surface area contributed by atoms with Crippen molar-refractivity contribution < 1.29 is 9.13 Å². The summed E-state index contributed by atoms with van der Waals surface area (Å²) < 4.78 is 18.2. The van der Waals surface area contributed by atoms with Crippen molar-refractivity contribution in [3.63, 3.8) is 0 Å². The molecule has 2 N–H and O–H groups in total. The number of hydrogen-bond acceptors (Lipinski definition) is 2. The quantitative estimate of drug-likeness (QED) is 0.626. The van der Waals surface area contributed by atoms with Crippen LogP contribution in [0, 0.1) is 5.82 Å². The van der Waals surface area contributed by atoms with Gasteiger partial charge in [0.2, 0.25) is 0 Å². The van der Waals surface area contributed by atoms with E-state index in [1.165, 1.54) is 12.1 Å². The lowest BCUT2D eigenvalue weighted by molar-refractivity contribution is 0.363. The van der Waals surface area contributed by atoms with E-state index in [0.717, 1.165) is 17.0 Å². The molecule has 0 fully saturated rings. The maximum absolute atomic E-state index is 12.8. The average Bonchev–Trinajstić information content (AvgIpc) is 2.54. The highest BCUT2D eigenvalue weighted by Crippen LogP contribution is 2.15. The highest BCUT2D eigenvalue weighted by molar-refractivity contribution is 7.80. The van der Waals surface area contributed by atoms with Crippen molar-refractivity contribution in [3.05, 3.63) is 72.6 Å². The molecule has 0 spiro atoms. The van der Waals surface area contributed by atoms with E-state index in [1.807, 2.05) is 24.3 Å². The second kappa shape index (κ2) is 8.14. The molecule has 3 nitrogen and oxygen atoms in total. The molecule has 0 aromatic heterocycles. The third kappa shape index (κ3) is 5.18. The van der Waals surface area contributed by atoms with Crippen LogP contribution in [0.25, 0.3) is 0 Å². The smallest absolute Gasteiger partial charge is 0.171 e. The molecule has 0 atom stereocenters. The fraction of sp³-hybridized carbons (Fsp3) is 0.118. The lowest BCUT2D eigenvalue weighted by Gasteiger charge is -2.11. The van der Waals surface area contributed by atoms with Gasteiger partial charge in [-0.05, 0) is 54.2 Å². The van der Waals surface area contributed by atoms with Crippen molar-refractivity contribution in [1.82, 2.24) is 5.32 Å². The zero-order valence-corrected chi connectivity index (χ0v) is 12.8. The monoisotopic (exact) mass is 316 g/mol. The Morgan fingerprint density at radius 3 is 2.45 bits per heavy atom. The first kappa shape index (κ1) is 16.0. The molecule has 0 amide bonds. The van der Waals surface area contributed by atoms with E-state index >= 15 is 0 Å². The van der Waals surface area contributed by atoms with Gasteiger partial charge in [0.15, 0.2) is 5.11 Å². The minimum atomic E-state index is -0.247. The van der Waals surface area contributed by atoms with E-state index in [2.05, 4.69) is 17.2 Å². The van der Waals surface area contributed by atoms with Gasteiger partial charge in [0.05, 0.1) is 0 Å². The highest BCUT2D eigenvalue weighted by atomic mass is 32.1. The Bertz CT molecular complexity index is 626. The summed E-state index contributed by atoms with van der Waals surface area (Å²) in [5, 5.41) is 6.65. The van der Waals surface area contributed by atoms with Crippen LogP contribution in [0.4, 0.5) is 10.1 Å². The van der Waals surface area contributed by atoms with Gasteiger partial charge < -0.3 is 15.4 Å². The Balaban J connectivity index is 1.81.